The minimum atomic E-state index is -0.245. The average molecular weight is 223 g/mol. The van der Waals surface area contributed by atoms with Crippen molar-refractivity contribution < 1.29 is 9.53 Å². The summed E-state index contributed by atoms with van der Waals surface area (Å²) < 4.78 is 5.19. The molecule has 3 nitrogen and oxygen atoms in total. The van der Waals surface area contributed by atoms with Gasteiger partial charge < -0.3 is 10.1 Å². The molecule has 0 saturated carbocycles. The molecule has 80 valence electrons. The normalized spacial score (nSPS) is 20.1. The standard InChI is InChI=1S/C11H13NO2S/c13-11(9-4-2-1-3-5-9)14-8-10-12-6-7-15-10/h1-5,10,12H,6-8H2. The number of nitrogens with one attached hydrogen (secondary N) is 1. The van der Waals surface area contributed by atoms with Crippen LogP contribution in [0.3, 0.4) is 0 Å². The number of thioether (sulfide) groups is 1. The summed E-state index contributed by atoms with van der Waals surface area (Å²) in [5.74, 6) is 0.845. The lowest BCUT2D eigenvalue weighted by Crippen LogP contribution is -2.26. The van der Waals surface area contributed by atoms with Crippen molar-refractivity contribution in [3.63, 3.8) is 0 Å². The fourth-order valence-corrected chi connectivity index (χ4v) is 2.32. The smallest absolute Gasteiger partial charge is 0.338 e. The zero-order valence-electron chi connectivity index (χ0n) is 8.31. The summed E-state index contributed by atoms with van der Waals surface area (Å²) in [6.45, 7) is 1.44. The molecule has 0 radical (unpaired) electrons. The first-order valence-corrected chi connectivity index (χ1v) is 5.98. The third kappa shape index (κ3) is 2.97. The molecule has 2 rings (SSSR count). The van der Waals surface area contributed by atoms with Crippen LogP contribution in [-0.4, -0.2) is 30.2 Å². The van der Waals surface area contributed by atoms with Crippen molar-refractivity contribution in [1.29, 1.82) is 0 Å². The molecule has 1 saturated heterocycles. The van der Waals surface area contributed by atoms with Crippen molar-refractivity contribution in [3.05, 3.63) is 35.9 Å². The van der Waals surface area contributed by atoms with Crippen LogP contribution < -0.4 is 5.32 Å². The van der Waals surface area contributed by atoms with Gasteiger partial charge in [0.15, 0.2) is 0 Å². The number of esters is 1. The van der Waals surface area contributed by atoms with E-state index < -0.39 is 0 Å². The SMILES string of the molecule is O=C(OCC1NCCS1)c1ccccc1. The first kappa shape index (κ1) is 10.5. The number of hydrogen-bond acceptors (Lipinski definition) is 4. The highest BCUT2D eigenvalue weighted by Gasteiger charge is 2.16. The third-order valence-corrected chi connectivity index (χ3v) is 3.31. The molecule has 1 aliphatic rings. The van der Waals surface area contributed by atoms with Gasteiger partial charge in [-0.05, 0) is 12.1 Å². The summed E-state index contributed by atoms with van der Waals surface area (Å²) in [7, 11) is 0. The van der Waals surface area contributed by atoms with Crippen LogP contribution in [0.1, 0.15) is 10.4 Å². The molecule has 1 heterocycles. The Morgan fingerprint density at radius 2 is 2.27 bits per heavy atom. The maximum atomic E-state index is 11.5. The summed E-state index contributed by atoms with van der Waals surface area (Å²) in [4.78, 5) is 11.5. The maximum Gasteiger partial charge on any atom is 0.338 e. The highest BCUT2D eigenvalue weighted by atomic mass is 32.2. The number of rotatable bonds is 3. The summed E-state index contributed by atoms with van der Waals surface area (Å²) in [6.07, 6.45) is 0. The molecule has 1 aromatic rings. The van der Waals surface area contributed by atoms with Crippen molar-refractivity contribution in [1.82, 2.24) is 5.32 Å². The van der Waals surface area contributed by atoms with Gasteiger partial charge in [0.05, 0.1) is 10.9 Å². The number of carbonyl (C=O) groups excluding carboxylic acids is 1. The molecule has 0 aromatic heterocycles. The van der Waals surface area contributed by atoms with E-state index in [4.69, 9.17) is 4.74 Å². The van der Waals surface area contributed by atoms with Gasteiger partial charge in [-0.15, -0.1) is 11.8 Å². The summed E-state index contributed by atoms with van der Waals surface area (Å²) in [6, 6.07) is 9.07. The predicted octanol–water partition coefficient (Wildman–Crippen LogP) is 1.51. The Morgan fingerprint density at radius 1 is 1.47 bits per heavy atom. The monoisotopic (exact) mass is 223 g/mol. The van der Waals surface area contributed by atoms with Crippen LogP contribution in [-0.2, 0) is 4.74 Å². The van der Waals surface area contributed by atoms with E-state index >= 15 is 0 Å². The maximum absolute atomic E-state index is 11.5. The first-order valence-electron chi connectivity index (χ1n) is 4.93. The van der Waals surface area contributed by atoms with E-state index in [1.54, 1.807) is 23.9 Å². The Kier molecular flexibility index (Phi) is 3.64. The largest absolute Gasteiger partial charge is 0.460 e. The molecule has 1 unspecified atom stereocenters. The van der Waals surface area contributed by atoms with E-state index in [1.807, 2.05) is 18.2 Å². The number of hydrogen-bond donors (Lipinski definition) is 1. The van der Waals surface area contributed by atoms with Crippen molar-refractivity contribution in [2.24, 2.45) is 0 Å². The number of ether oxygens (including phenoxy) is 1. The summed E-state index contributed by atoms with van der Waals surface area (Å²) in [5.41, 5.74) is 0.612. The van der Waals surface area contributed by atoms with Crippen LogP contribution in [0.25, 0.3) is 0 Å². The van der Waals surface area contributed by atoms with Crippen molar-refractivity contribution in [2.75, 3.05) is 18.9 Å². The lowest BCUT2D eigenvalue weighted by atomic mass is 10.2. The van der Waals surface area contributed by atoms with Gasteiger partial charge in [-0.2, -0.15) is 0 Å². The van der Waals surface area contributed by atoms with Gasteiger partial charge in [-0.3, -0.25) is 0 Å². The lowest BCUT2D eigenvalue weighted by Gasteiger charge is -2.09. The Hall–Kier alpha value is -1.00. The van der Waals surface area contributed by atoms with Crippen LogP contribution in [0.2, 0.25) is 0 Å². The van der Waals surface area contributed by atoms with E-state index in [2.05, 4.69) is 5.32 Å². The van der Waals surface area contributed by atoms with Gasteiger partial charge in [0.25, 0.3) is 0 Å². The Labute approximate surface area is 93.2 Å². The Balaban J connectivity index is 1.82. The minimum Gasteiger partial charge on any atom is -0.460 e. The second-order valence-corrected chi connectivity index (χ2v) is 4.59. The molecule has 0 spiro atoms. The molecule has 15 heavy (non-hydrogen) atoms. The minimum absolute atomic E-state index is 0.245. The van der Waals surface area contributed by atoms with E-state index in [9.17, 15) is 4.79 Å². The third-order valence-electron chi connectivity index (χ3n) is 2.17. The highest BCUT2D eigenvalue weighted by molar-refractivity contribution is 8.00. The van der Waals surface area contributed by atoms with Crippen molar-refractivity contribution in [3.8, 4) is 0 Å². The predicted molar refractivity (Wildman–Crippen MR) is 61.0 cm³/mol. The second kappa shape index (κ2) is 5.19. The van der Waals surface area contributed by atoms with Crippen LogP contribution >= 0.6 is 11.8 Å². The second-order valence-electron chi connectivity index (χ2n) is 3.28. The van der Waals surface area contributed by atoms with Gasteiger partial charge in [-0.1, -0.05) is 18.2 Å². The van der Waals surface area contributed by atoms with E-state index in [0.29, 0.717) is 12.2 Å². The Bertz CT molecular complexity index is 323. The van der Waals surface area contributed by atoms with Crippen molar-refractivity contribution in [2.45, 2.75) is 5.37 Å². The fraction of sp³-hybridized carbons (Fsp3) is 0.364. The molecule has 0 aliphatic carbocycles. The molecule has 1 aliphatic heterocycles. The molecule has 1 atom stereocenters. The van der Waals surface area contributed by atoms with Crippen molar-refractivity contribution >= 4 is 17.7 Å². The summed E-state index contributed by atoms with van der Waals surface area (Å²) in [5, 5.41) is 3.51. The molecule has 1 N–H and O–H groups in total. The zero-order chi connectivity index (χ0) is 10.5. The van der Waals surface area contributed by atoms with Crippen LogP contribution in [0.5, 0.6) is 0 Å². The zero-order valence-corrected chi connectivity index (χ0v) is 9.13. The molecule has 4 heteroatoms. The molecule has 1 fully saturated rings. The van der Waals surface area contributed by atoms with E-state index in [0.717, 1.165) is 12.3 Å². The van der Waals surface area contributed by atoms with Gasteiger partial charge in [0.1, 0.15) is 6.61 Å². The molecular weight excluding hydrogens is 210 g/mol. The quantitative estimate of drug-likeness (QED) is 0.788. The first-order chi connectivity index (χ1) is 7.36. The van der Waals surface area contributed by atoms with Gasteiger partial charge in [0, 0.05) is 12.3 Å². The van der Waals surface area contributed by atoms with Crippen LogP contribution in [0.4, 0.5) is 0 Å². The van der Waals surface area contributed by atoms with Gasteiger partial charge in [-0.25, -0.2) is 4.79 Å². The van der Waals surface area contributed by atoms with E-state index in [1.165, 1.54) is 0 Å². The lowest BCUT2D eigenvalue weighted by molar-refractivity contribution is 0.0500. The van der Waals surface area contributed by atoms with Gasteiger partial charge in [0.2, 0.25) is 0 Å². The van der Waals surface area contributed by atoms with Gasteiger partial charge >= 0.3 is 5.97 Å². The fourth-order valence-electron chi connectivity index (χ4n) is 1.40. The van der Waals surface area contributed by atoms with Crippen LogP contribution in [0, 0.1) is 0 Å². The molecule has 0 amide bonds. The Morgan fingerprint density at radius 3 is 2.93 bits per heavy atom. The highest BCUT2D eigenvalue weighted by Crippen LogP contribution is 2.14. The molecule has 0 bridgehead atoms. The molecular formula is C11H13NO2S. The summed E-state index contributed by atoms with van der Waals surface area (Å²) >= 11 is 1.79. The van der Waals surface area contributed by atoms with E-state index in [-0.39, 0.29) is 11.3 Å². The topological polar surface area (TPSA) is 38.3 Å². The average Bonchev–Trinajstić information content (AvgIpc) is 2.80. The number of carbonyl (C=O) groups is 1. The number of benzene rings is 1. The van der Waals surface area contributed by atoms with Crippen LogP contribution in [0.15, 0.2) is 30.3 Å². The molecule has 1 aromatic carbocycles.